The zero-order valence-electron chi connectivity index (χ0n) is 33.2. The van der Waals surface area contributed by atoms with Crippen LogP contribution in [0, 0.1) is 0 Å². The fourth-order valence-electron chi connectivity index (χ4n) is 7.53. The molecule has 61 heavy (non-hydrogen) atoms. The minimum atomic E-state index is 0.249. The van der Waals surface area contributed by atoms with Crippen LogP contribution in [0.4, 0.5) is 0 Å². The Bertz CT molecular complexity index is 2690. The molecule has 0 saturated carbocycles. The van der Waals surface area contributed by atoms with Crippen LogP contribution in [0.15, 0.2) is 218 Å². The van der Waals surface area contributed by atoms with Gasteiger partial charge in [-0.05, 0) is 68.8 Å². The molecule has 2 heterocycles. The number of rotatable bonds is 10. The van der Waals surface area contributed by atoms with Crippen LogP contribution in [0.3, 0.4) is 0 Å². The van der Waals surface area contributed by atoms with Gasteiger partial charge in [-0.15, -0.1) is 0 Å². The molecule has 10 rings (SSSR count). The van der Waals surface area contributed by atoms with Gasteiger partial charge < -0.3 is 0 Å². The summed E-state index contributed by atoms with van der Waals surface area (Å²) in [6.07, 6.45) is 0.249. The Labute approximate surface area is 355 Å². The third-order valence-corrected chi connectivity index (χ3v) is 10.6. The molecule has 288 valence electrons. The first-order valence-electron chi connectivity index (χ1n) is 20.3. The third kappa shape index (κ3) is 8.37. The molecule has 0 amide bonds. The lowest BCUT2D eigenvalue weighted by Crippen LogP contribution is -2.08. The number of benzene rings is 8. The van der Waals surface area contributed by atoms with Crippen LogP contribution in [0.1, 0.15) is 11.6 Å². The normalized spacial score (nSPS) is 11.0. The van der Waals surface area contributed by atoms with Gasteiger partial charge in [0, 0.05) is 22.3 Å². The van der Waals surface area contributed by atoms with E-state index in [-0.39, 0.29) is 6.42 Å². The van der Waals surface area contributed by atoms with Crippen molar-refractivity contribution in [2.24, 2.45) is 0 Å². The Hall–Kier alpha value is -8.22. The number of hydrogen-bond acceptors (Lipinski definition) is 6. The summed E-state index contributed by atoms with van der Waals surface area (Å²) in [5, 5.41) is 0. The van der Waals surface area contributed by atoms with Crippen LogP contribution in [0.2, 0.25) is 0 Å². The van der Waals surface area contributed by atoms with E-state index < -0.39 is 0 Å². The van der Waals surface area contributed by atoms with E-state index in [1.54, 1.807) is 0 Å². The van der Waals surface area contributed by atoms with Crippen LogP contribution in [-0.4, -0.2) is 29.9 Å². The van der Waals surface area contributed by atoms with E-state index in [1.807, 2.05) is 97.1 Å². The monoisotopic (exact) mass is 782 g/mol. The first-order valence-corrected chi connectivity index (χ1v) is 20.3. The Morgan fingerprint density at radius 2 is 0.410 bits per heavy atom. The van der Waals surface area contributed by atoms with Crippen LogP contribution in [-0.2, 0) is 6.42 Å². The van der Waals surface area contributed by atoms with Crippen LogP contribution in [0.5, 0.6) is 0 Å². The summed E-state index contributed by atoms with van der Waals surface area (Å²) in [6.45, 7) is 0. The molecule has 0 aliphatic rings. The molecule has 0 radical (unpaired) electrons. The van der Waals surface area contributed by atoms with Gasteiger partial charge in [-0.3, -0.25) is 0 Å². The maximum Gasteiger partial charge on any atom is 0.163 e. The lowest BCUT2D eigenvalue weighted by atomic mass is 10.0. The van der Waals surface area contributed by atoms with Crippen LogP contribution >= 0.6 is 0 Å². The summed E-state index contributed by atoms with van der Waals surface area (Å²) in [7, 11) is 0. The van der Waals surface area contributed by atoms with E-state index in [0.29, 0.717) is 34.9 Å². The molecule has 6 heteroatoms. The summed E-state index contributed by atoms with van der Waals surface area (Å²) < 4.78 is 0. The average molecular weight is 783 g/mol. The Morgan fingerprint density at radius 3 is 0.656 bits per heavy atom. The Balaban J connectivity index is 1.11. The zero-order chi connectivity index (χ0) is 40.8. The first-order chi connectivity index (χ1) is 30.2. The first kappa shape index (κ1) is 37.1. The van der Waals surface area contributed by atoms with Gasteiger partial charge in [-0.1, -0.05) is 194 Å². The summed E-state index contributed by atoms with van der Waals surface area (Å²) >= 11 is 0. The van der Waals surface area contributed by atoms with E-state index in [0.717, 1.165) is 66.8 Å². The molecule has 0 atom stereocenters. The standard InChI is InChI=1S/C55H38N6/c1-5-17-38(18-6-1)42-25-13-29-46(33-42)52-56-50(57-53(60-52)47-30-14-26-43(34-47)39-19-7-2-8-20-39)37-51-58-54(48-31-15-27-44(35-48)40-21-9-3-10-22-40)61-55(59-51)49-32-16-28-45(36-49)41-23-11-4-12-24-41/h1-36H,37H2. The molecule has 8 aromatic carbocycles. The van der Waals surface area contributed by atoms with E-state index >= 15 is 0 Å². The minimum Gasteiger partial charge on any atom is -0.213 e. The fourth-order valence-corrected chi connectivity index (χ4v) is 7.53. The second kappa shape index (κ2) is 16.9. The SMILES string of the molecule is c1ccc(-c2cccc(-c3nc(Cc4nc(-c5cccc(-c6ccccc6)c5)nc(-c5cccc(-c6ccccc6)c5)n4)nc(-c4cccc(-c5ccccc5)c4)n3)c2)cc1. The van der Waals surface area contributed by atoms with Gasteiger partial charge in [0.15, 0.2) is 23.3 Å². The molecule has 0 aliphatic heterocycles. The smallest absolute Gasteiger partial charge is 0.163 e. The summed E-state index contributed by atoms with van der Waals surface area (Å²) in [5.74, 6) is 3.39. The van der Waals surface area contributed by atoms with Crippen molar-refractivity contribution in [2.45, 2.75) is 6.42 Å². The zero-order valence-corrected chi connectivity index (χ0v) is 33.2. The van der Waals surface area contributed by atoms with Crippen molar-refractivity contribution in [1.82, 2.24) is 29.9 Å². The van der Waals surface area contributed by atoms with Crippen molar-refractivity contribution in [2.75, 3.05) is 0 Å². The molecule has 0 bridgehead atoms. The number of aromatic nitrogens is 6. The minimum absolute atomic E-state index is 0.249. The van der Waals surface area contributed by atoms with E-state index in [1.165, 1.54) is 0 Å². The molecule has 0 fully saturated rings. The van der Waals surface area contributed by atoms with Crippen molar-refractivity contribution >= 4 is 0 Å². The van der Waals surface area contributed by atoms with Crippen molar-refractivity contribution in [1.29, 1.82) is 0 Å². The molecule has 6 nitrogen and oxygen atoms in total. The Kier molecular flexibility index (Phi) is 10.3. The van der Waals surface area contributed by atoms with Crippen molar-refractivity contribution in [3.05, 3.63) is 230 Å². The van der Waals surface area contributed by atoms with Gasteiger partial charge in [0.2, 0.25) is 0 Å². The highest BCUT2D eigenvalue weighted by molar-refractivity contribution is 5.75. The summed E-state index contributed by atoms with van der Waals surface area (Å²) in [6, 6.07) is 74.8. The Morgan fingerprint density at radius 1 is 0.197 bits per heavy atom. The molecule has 0 spiro atoms. The molecule has 0 aliphatic carbocycles. The maximum atomic E-state index is 5.13. The van der Waals surface area contributed by atoms with Gasteiger partial charge >= 0.3 is 0 Å². The maximum absolute atomic E-state index is 5.13. The molecule has 10 aromatic rings. The molecule has 0 saturated heterocycles. The molecule has 0 N–H and O–H groups in total. The van der Waals surface area contributed by atoms with Gasteiger partial charge in [-0.2, -0.15) is 0 Å². The van der Waals surface area contributed by atoms with E-state index in [4.69, 9.17) is 29.9 Å². The summed E-state index contributed by atoms with van der Waals surface area (Å²) in [4.78, 5) is 30.8. The quantitative estimate of drug-likeness (QED) is 0.137. The van der Waals surface area contributed by atoms with Gasteiger partial charge in [0.25, 0.3) is 0 Å². The lowest BCUT2D eigenvalue weighted by Gasteiger charge is -2.12. The van der Waals surface area contributed by atoms with Gasteiger partial charge in [0.05, 0.1) is 6.42 Å². The molecular formula is C55H38N6. The van der Waals surface area contributed by atoms with Crippen molar-refractivity contribution in [3.8, 4) is 90.1 Å². The second-order valence-electron chi connectivity index (χ2n) is 14.8. The van der Waals surface area contributed by atoms with Gasteiger partial charge in [-0.25, -0.2) is 29.9 Å². The molecular weight excluding hydrogens is 745 g/mol. The van der Waals surface area contributed by atoms with Gasteiger partial charge in [0.1, 0.15) is 11.6 Å². The van der Waals surface area contributed by atoms with Crippen molar-refractivity contribution < 1.29 is 0 Å². The number of hydrogen-bond donors (Lipinski definition) is 0. The number of nitrogens with zero attached hydrogens (tertiary/aromatic N) is 6. The third-order valence-electron chi connectivity index (χ3n) is 10.6. The molecule has 2 aromatic heterocycles. The van der Waals surface area contributed by atoms with Crippen molar-refractivity contribution in [3.63, 3.8) is 0 Å². The molecule has 0 unspecified atom stereocenters. The highest BCUT2D eigenvalue weighted by Gasteiger charge is 2.17. The largest absolute Gasteiger partial charge is 0.213 e. The van der Waals surface area contributed by atoms with Crippen LogP contribution < -0.4 is 0 Å². The highest BCUT2D eigenvalue weighted by atomic mass is 15.1. The predicted octanol–water partition coefficient (Wildman–Crippen LogP) is 13.0. The van der Waals surface area contributed by atoms with Crippen LogP contribution in [0.25, 0.3) is 90.1 Å². The average Bonchev–Trinajstić information content (AvgIpc) is 3.35. The predicted molar refractivity (Wildman–Crippen MR) is 246 cm³/mol. The second-order valence-corrected chi connectivity index (χ2v) is 14.8. The topological polar surface area (TPSA) is 77.3 Å². The summed E-state index contributed by atoms with van der Waals surface area (Å²) in [5.41, 5.74) is 12.3. The lowest BCUT2D eigenvalue weighted by molar-refractivity contribution is 0.861. The van der Waals surface area contributed by atoms with E-state index in [2.05, 4.69) is 121 Å². The highest BCUT2D eigenvalue weighted by Crippen LogP contribution is 2.31. The van der Waals surface area contributed by atoms with E-state index in [9.17, 15) is 0 Å². The fraction of sp³-hybridized carbons (Fsp3) is 0.0182.